The number of hydrogen-bond acceptors (Lipinski definition) is 9. The predicted molar refractivity (Wildman–Crippen MR) is 133 cm³/mol. The van der Waals surface area contributed by atoms with Crippen molar-refractivity contribution in [2.75, 3.05) is 27.6 Å². The number of methoxy groups -OCH3 is 2. The minimum absolute atomic E-state index is 0.118. The number of hydrogen-bond donors (Lipinski definition) is 0. The fraction of sp³-hybridized carbons (Fsp3) is 0.269. The molecule has 10 heteroatoms. The van der Waals surface area contributed by atoms with Gasteiger partial charge in [0.1, 0.15) is 0 Å². The van der Waals surface area contributed by atoms with E-state index in [2.05, 4.69) is 4.99 Å². The van der Waals surface area contributed by atoms with Gasteiger partial charge in [0, 0.05) is 0 Å². The minimum atomic E-state index is -0.734. The van der Waals surface area contributed by atoms with E-state index in [1.165, 1.54) is 15.9 Å². The van der Waals surface area contributed by atoms with E-state index in [4.69, 9.17) is 23.7 Å². The monoisotopic (exact) mass is 508 g/mol. The molecule has 1 atom stereocenters. The Bertz CT molecular complexity index is 1570. The molecule has 3 heterocycles. The van der Waals surface area contributed by atoms with E-state index >= 15 is 0 Å². The van der Waals surface area contributed by atoms with E-state index in [-0.39, 0.29) is 19.0 Å². The second kappa shape index (κ2) is 9.54. The number of fused-ring (bicyclic) bond motifs is 2. The van der Waals surface area contributed by atoms with E-state index in [0.29, 0.717) is 49.2 Å². The summed E-state index contributed by atoms with van der Waals surface area (Å²) in [6.07, 6.45) is 1.77. The summed E-state index contributed by atoms with van der Waals surface area (Å²) < 4.78 is 29.0. The molecule has 0 bridgehead atoms. The fourth-order valence-electron chi connectivity index (χ4n) is 4.28. The molecule has 0 saturated heterocycles. The van der Waals surface area contributed by atoms with Crippen molar-refractivity contribution in [3.63, 3.8) is 0 Å². The van der Waals surface area contributed by atoms with Crippen LogP contribution in [0.15, 0.2) is 57.5 Å². The van der Waals surface area contributed by atoms with Crippen LogP contribution in [0.1, 0.15) is 31.0 Å². The van der Waals surface area contributed by atoms with Crippen molar-refractivity contribution in [2.45, 2.75) is 19.9 Å². The SMILES string of the molecule is CCOC(=O)C1=C(C)N=c2s/c(=C\c3ccc(OC)c(OC)c3)c(=O)n2[C@@H]1c1ccc2c(c1)OCO2. The number of carbonyl (C=O) groups is 1. The highest BCUT2D eigenvalue weighted by molar-refractivity contribution is 7.07. The van der Waals surface area contributed by atoms with Crippen molar-refractivity contribution in [1.29, 1.82) is 0 Å². The Morgan fingerprint density at radius 1 is 1.14 bits per heavy atom. The van der Waals surface area contributed by atoms with Crippen LogP contribution in [-0.2, 0) is 9.53 Å². The topological polar surface area (TPSA) is 97.6 Å². The third-order valence-electron chi connectivity index (χ3n) is 5.93. The number of esters is 1. The maximum absolute atomic E-state index is 13.7. The first-order chi connectivity index (χ1) is 17.4. The molecule has 2 aliphatic rings. The number of benzene rings is 2. The van der Waals surface area contributed by atoms with Crippen LogP contribution in [0.5, 0.6) is 23.0 Å². The van der Waals surface area contributed by atoms with Crippen LogP contribution in [-0.4, -0.2) is 38.2 Å². The van der Waals surface area contributed by atoms with Gasteiger partial charge in [-0.1, -0.05) is 23.5 Å². The zero-order chi connectivity index (χ0) is 25.4. The summed E-state index contributed by atoms with van der Waals surface area (Å²) in [5, 5.41) is 0. The van der Waals surface area contributed by atoms with E-state index in [1.54, 1.807) is 58.4 Å². The zero-order valence-electron chi connectivity index (χ0n) is 20.2. The van der Waals surface area contributed by atoms with Crippen LogP contribution in [0.4, 0.5) is 0 Å². The van der Waals surface area contributed by atoms with Crippen LogP contribution in [0.2, 0.25) is 0 Å². The molecule has 5 rings (SSSR count). The molecule has 1 aromatic heterocycles. The van der Waals surface area contributed by atoms with Crippen LogP contribution in [0, 0.1) is 0 Å². The maximum Gasteiger partial charge on any atom is 0.338 e. The van der Waals surface area contributed by atoms with Gasteiger partial charge in [0.2, 0.25) is 6.79 Å². The molecule has 9 nitrogen and oxygen atoms in total. The molecule has 0 saturated carbocycles. The van der Waals surface area contributed by atoms with Crippen molar-refractivity contribution in [2.24, 2.45) is 4.99 Å². The van der Waals surface area contributed by atoms with E-state index in [1.807, 2.05) is 12.1 Å². The largest absolute Gasteiger partial charge is 0.493 e. The molecule has 0 spiro atoms. The lowest BCUT2D eigenvalue weighted by Crippen LogP contribution is -2.39. The normalized spacial score (nSPS) is 16.4. The third kappa shape index (κ3) is 4.03. The molecule has 0 N–H and O–H groups in total. The van der Waals surface area contributed by atoms with E-state index < -0.39 is 12.0 Å². The number of thiazole rings is 1. The fourth-order valence-corrected chi connectivity index (χ4v) is 5.33. The number of carbonyl (C=O) groups excluding carboxylic acids is 1. The first kappa shape index (κ1) is 23.7. The van der Waals surface area contributed by atoms with Crippen molar-refractivity contribution >= 4 is 23.4 Å². The molecule has 2 aliphatic heterocycles. The summed E-state index contributed by atoms with van der Waals surface area (Å²) in [6.45, 7) is 3.80. The summed E-state index contributed by atoms with van der Waals surface area (Å²) in [7, 11) is 3.12. The Morgan fingerprint density at radius 3 is 2.67 bits per heavy atom. The summed E-state index contributed by atoms with van der Waals surface area (Å²) in [4.78, 5) is 31.9. The smallest absolute Gasteiger partial charge is 0.338 e. The first-order valence-corrected chi connectivity index (χ1v) is 12.1. The van der Waals surface area contributed by atoms with Gasteiger partial charge in [-0.2, -0.15) is 0 Å². The Morgan fingerprint density at radius 2 is 1.92 bits per heavy atom. The van der Waals surface area contributed by atoms with Gasteiger partial charge in [-0.15, -0.1) is 0 Å². The van der Waals surface area contributed by atoms with Gasteiger partial charge in [-0.3, -0.25) is 9.36 Å². The predicted octanol–water partition coefficient (Wildman–Crippen LogP) is 2.54. The summed E-state index contributed by atoms with van der Waals surface area (Å²) in [5.74, 6) is 1.79. The highest BCUT2D eigenvalue weighted by Gasteiger charge is 2.34. The van der Waals surface area contributed by atoms with Crippen LogP contribution in [0.3, 0.4) is 0 Å². The van der Waals surface area contributed by atoms with Gasteiger partial charge >= 0.3 is 5.97 Å². The number of nitrogens with zero attached hydrogens (tertiary/aromatic N) is 2. The van der Waals surface area contributed by atoms with Crippen molar-refractivity contribution in [3.05, 3.63) is 78.5 Å². The average Bonchev–Trinajstić information content (AvgIpc) is 3.46. The Hall–Kier alpha value is -4.05. The van der Waals surface area contributed by atoms with Crippen molar-refractivity contribution < 1.29 is 28.5 Å². The second-order valence-corrected chi connectivity index (χ2v) is 9.04. The first-order valence-electron chi connectivity index (χ1n) is 11.3. The lowest BCUT2D eigenvalue weighted by Gasteiger charge is -2.24. The molecule has 3 aromatic rings. The summed E-state index contributed by atoms with van der Waals surface area (Å²) >= 11 is 1.25. The van der Waals surface area contributed by atoms with E-state index in [0.717, 1.165) is 5.56 Å². The van der Waals surface area contributed by atoms with Gasteiger partial charge in [0.05, 0.1) is 42.7 Å². The Kier molecular flexibility index (Phi) is 6.27. The number of rotatable bonds is 6. The highest BCUT2D eigenvalue weighted by atomic mass is 32.1. The highest BCUT2D eigenvalue weighted by Crippen LogP contribution is 2.38. The number of aromatic nitrogens is 1. The molecule has 36 heavy (non-hydrogen) atoms. The Labute approximate surface area is 210 Å². The van der Waals surface area contributed by atoms with E-state index in [9.17, 15) is 9.59 Å². The number of ether oxygens (including phenoxy) is 5. The van der Waals surface area contributed by atoms with Gasteiger partial charge in [-0.25, -0.2) is 9.79 Å². The molecule has 0 unspecified atom stereocenters. The van der Waals surface area contributed by atoms with Gasteiger partial charge in [0.25, 0.3) is 5.56 Å². The molecule has 0 aliphatic carbocycles. The Balaban J connectivity index is 1.70. The van der Waals surface area contributed by atoms with Crippen LogP contribution < -0.4 is 33.8 Å². The molecule has 2 aromatic carbocycles. The standard InChI is InChI=1S/C26H24N2O7S/c1-5-33-25(30)22-14(2)27-26-28(23(22)16-7-9-18-20(12-16)35-13-34-18)24(29)21(36-26)11-15-6-8-17(31-3)19(10-15)32-4/h6-12,23H,5,13H2,1-4H3/b21-11-/t23-/m1/s1. The van der Waals surface area contributed by atoms with Gasteiger partial charge in [0.15, 0.2) is 27.8 Å². The second-order valence-electron chi connectivity index (χ2n) is 8.03. The van der Waals surface area contributed by atoms with Crippen molar-refractivity contribution in [3.8, 4) is 23.0 Å². The molecule has 0 amide bonds. The van der Waals surface area contributed by atoms with Gasteiger partial charge < -0.3 is 23.7 Å². The minimum Gasteiger partial charge on any atom is -0.493 e. The van der Waals surface area contributed by atoms with Crippen LogP contribution >= 0.6 is 11.3 Å². The molecule has 0 radical (unpaired) electrons. The quantitative estimate of drug-likeness (QED) is 0.472. The van der Waals surface area contributed by atoms with Crippen LogP contribution in [0.25, 0.3) is 6.08 Å². The molecular weight excluding hydrogens is 484 g/mol. The zero-order valence-corrected chi connectivity index (χ0v) is 21.0. The van der Waals surface area contributed by atoms with Crippen molar-refractivity contribution in [1.82, 2.24) is 4.57 Å². The summed E-state index contributed by atoms with van der Waals surface area (Å²) in [6, 6.07) is 10.1. The third-order valence-corrected chi connectivity index (χ3v) is 6.92. The molecular formula is C26H24N2O7S. The lowest BCUT2D eigenvalue weighted by molar-refractivity contribution is -0.139. The average molecular weight is 509 g/mol. The maximum atomic E-state index is 13.7. The number of allylic oxidation sites excluding steroid dienone is 1. The van der Waals surface area contributed by atoms with Gasteiger partial charge in [-0.05, 0) is 55.3 Å². The molecule has 0 fully saturated rings. The molecule has 186 valence electrons. The lowest BCUT2D eigenvalue weighted by atomic mass is 9.95. The summed E-state index contributed by atoms with van der Waals surface area (Å²) in [5.41, 5.74) is 1.98.